The molecule has 0 unspecified atom stereocenters. The lowest BCUT2D eigenvalue weighted by Gasteiger charge is -2.46. The van der Waals surface area contributed by atoms with Crippen molar-refractivity contribution in [2.75, 3.05) is 19.6 Å². The number of hydrogen-bond acceptors (Lipinski definition) is 4. The molecule has 0 radical (unpaired) electrons. The predicted molar refractivity (Wildman–Crippen MR) is 120 cm³/mol. The third-order valence-corrected chi connectivity index (χ3v) is 6.68. The number of rotatable bonds is 6. The Kier molecular flexibility index (Phi) is 7.11. The molecule has 2 aromatic carbocycles. The summed E-state index contributed by atoms with van der Waals surface area (Å²) >= 11 is 0. The van der Waals surface area contributed by atoms with Crippen molar-refractivity contribution in [2.45, 2.75) is 49.9 Å². The number of phenols is 1. The minimum absolute atomic E-state index is 0.00569. The predicted octanol–water partition coefficient (Wildman–Crippen LogP) is 3.67. The second-order valence-electron chi connectivity index (χ2n) is 9.08. The van der Waals surface area contributed by atoms with Crippen molar-refractivity contribution in [1.29, 1.82) is 0 Å². The van der Waals surface area contributed by atoms with Crippen molar-refractivity contribution in [3.8, 4) is 5.75 Å². The van der Waals surface area contributed by atoms with E-state index in [-0.39, 0.29) is 18.2 Å². The van der Waals surface area contributed by atoms with Gasteiger partial charge in [-0.3, -0.25) is 14.5 Å². The summed E-state index contributed by atoms with van der Waals surface area (Å²) in [5.74, 6) is -1.32. The van der Waals surface area contributed by atoms with Crippen LogP contribution in [0.1, 0.15) is 53.1 Å². The SMILES string of the molecule is O=C(CNC(=O)c1cc(O)cc(C(F)(F)F)c1)NC1CN([C@H]2CC[C@@H](c3ccccc3)CC2)C1. The largest absolute Gasteiger partial charge is 0.508 e. The van der Waals surface area contributed by atoms with E-state index >= 15 is 0 Å². The lowest BCUT2D eigenvalue weighted by atomic mass is 9.80. The van der Waals surface area contributed by atoms with Crippen molar-refractivity contribution in [1.82, 2.24) is 15.5 Å². The van der Waals surface area contributed by atoms with E-state index in [1.165, 1.54) is 5.56 Å². The Morgan fingerprint density at radius 3 is 2.32 bits per heavy atom. The molecule has 1 saturated carbocycles. The van der Waals surface area contributed by atoms with Gasteiger partial charge < -0.3 is 15.7 Å². The fraction of sp³-hybridized carbons (Fsp3) is 0.440. The van der Waals surface area contributed by atoms with Gasteiger partial charge in [-0.15, -0.1) is 0 Å². The molecule has 0 atom stereocenters. The van der Waals surface area contributed by atoms with Crippen molar-refractivity contribution >= 4 is 11.8 Å². The second kappa shape index (κ2) is 10.0. The lowest BCUT2D eigenvalue weighted by molar-refractivity contribution is -0.137. The molecule has 0 spiro atoms. The molecule has 1 aliphatic carbocycles. The van der Waals surface area contributed by atoms with Crippen molar-refractivity contribution in [3.63, 3.8) is 0 Å². The first-order valence-corrected chi connectivity index (χ1v) is 11.5. The average Bonchev–Trinajstić information content (AvgIpc) is 2.79. The van der Waals surface area contributed by atoms with Gasteiger partial charge in [0.25, 0.3) is 5.91 Å². The summed E-state index contributed by atoms with van der Waals surface area (Å²) in [6, 6.07) is 13.2. The van der Waals surface area contributed by atoms with Crippen LogP contribution in [0.25, 0.3) is 0 Å². The fourth-order valence-corrected chi connectivity index (χ4v) is 4.85. The zero-order valence-corrected chi connectivity index (χ0v) is 18.6. The smallest absolute Gasteiger partial charge is 0.416 e. The van der Waals surface area contributed by atoms with Gasteiger partial charge in [-0.1, -0.05) is 30.3 Å². The number of likely N-dealkylation sites (tertiary alicyclic amines) is 1. The van der Waals surface area contributed by atoms with Crippen molar-refractivity contribution < 1.29 is 27.9 Å². The molecule has 3 N–H and O–H groups in total. The molecular formula is C25H28F3N3O3. The average molecular weight is 476 g/mol. The second-order valence-corrected chi connectivity index (χ2v) is 9.08. The zero-order chi connectivity index (χ0) is 24.3. The molecule has 34 heavy (non-hydrogen) atoms. The highest BCUT2D eigenvalue weighted by Crippen LogP contribution is 2.36. The van der Waals surface area contributed by atoms with E-state index in [0.717, 1.165) is 44.8 Å². The third kappa shape index (κ3) is 5.88. The summed E-state index contributed by atoms with van der Waals surface area (Å²) in [7, 11) is 0. The van der Waals surface area contributed by atoms with E-state index < -0.39 is 29.3 Å². The van der Waals surface area contributed by atoms with E-state index in [4.69, 9.17) is 0 Å². The maximum Gasteiger partial charge on any atom is 0.416 e. The normalized spacial score (nSPS) is 21.5. The first-order valence-electron chi connectivity index (χ1n) is 11.5. The number of phenolic OH excluding ortho intramolecular Hbond substituents is 1. The molecule has 0 aromatic heterocycles. The van der Waals surface area contributed by atoms with E-state index in [2.05, 4.69) is 39.8 Å². The molecular weight excluding hydrogens is 447 g/mol. The number of alkyl halides is 3. The van der Waals surface area contributed by atoms with Gasteiger partial charge in [-0.2, -0.15) is 13.2 Å². The number of halogens is 3. The van der Waals surface area contributed by atoms with Crippen molar-refractivity contribution in [3.05, 3.63) is 65.2 Å². The van der Waals surface area contributed by atoms with Gasteiger partial charge in [0.1, 0.15) is 5.75 Å². The molecule has 0 bridgehead atoms. The van der Waals surface area contributed by atoms with Gasteiger partial charge in [0.15, 0.2) is 0 Å². The monoisotopic (exact) mass is 475 g/mol. The van der Waals surface area contributed by atoms with Gasteiger partial charge in [0, 0.05) is 24.7 Å². The number of nitrogens with one attached hydrogen (secondary N) is 2. The van der Waals surface area contributed by atoms with E-state index in [1.807, 2.05) is 6.07 Å². The van der Waals surface area contributed by atoms with Crippen LogP contribution in [0.2, 0.25) is 0 Å². The molecule has 9 heteroatoms. The van der Waals surface area contributed by atoms with Crippen LogP contribution >= 0.6 is 0 Å². The van der Waals surface area contributed by atoms with Gasteiger partial charge in [-0.25, -0.2) is 0 Å². The number of hydrogen-bond donors (Lipinski definition) is 3. The minimum atomic E-state index is -4.69. The van der Waals surface area contributed by atoms with Crippen LogP contribution in [-0.4, -0.2) is 53.5 Å². The van der Waals surface area contributed by atoms with E-state index in [0.29, 0.717) is 24.1 Å². The summed E-state index contributed by atoms with van der Waals surface area (Å²) in [5, 5.41) is 14.6. The van der Waals surface area contributed by atoms with Gasteiger partial charge in [0.05, 0.1) is 18.2 Å². The highest BCUT2D eigenvalue weighted by atomic mass is 19.4. The van der Waals surface area contributed by atoms with E-state index in [1.54, 1.807) is 0 Å². The first-order chi connectivity index (χ1) is 16.2. The molecule has 182 valence electrons. The van der Waals surface area contributed by atoms with Crippen LogP contribution in [0.15, 0.2) is 48.5 Å². The summed E-state index contributed by atoms with van der Waals surface area (Å²) in [5.41, 5.74) is -0.0902. The van der Waals surface area contributed by atoms with Crippen LogP contribution in [0, 0.1) is 0 Å². The van der Waals surface area contributed by atoms with Crippen LogP contribution < -0.4 is 10.6 Å². The number of carbonyl (C=O) groups is 2. The summed E-state index contributed by atoms with van der Waals surface area (Å²) < 4.78 is 38.6. The zero-order valence-electron chi connectivity index (χ0n) is 18.6. The third-order valence-electron chi connectivity index (χ3n) is 6.68. The van der Waals surface area contributed by atoms with Crippen LogP contribution in [0.3, 0.4) is 0 Å². The Labute approximate surface area is 196 Å². The molecule has 2 aliphatic rings. The standard InChI is InChI=1S/C25H28F3N3O3/c26-25(27,28)19-10-18(11-22(32)12-19)24(34)29-13-23(33)30-20-14-31(15-20)21-8-6-17(7-9-21)16-4-2-1-3-5-16/h1-5,10-12,17,20-21,32H,6-9,13-15H2,(H,29,34)(H,30,33)/t17-,21+. The van der Waals surface area contributed by atoms with Crippen LogP contribution in [-0.2, 0) is 11.0 Å². The molecule has 2 amide bonds. The van der Waals surface area contributed by atoms with Crippen LogP contribution in [0.4, 0.5) is 13.2 Å². The highest BCUT2D eigenvalue weighted by Gasteiger charge is 2.35. The topological polar surface area (TPSA) is 81.7 Å². The number of benzene rings is 2. The van der Waals surface area contributed by atoms with Crippen LogP contribution in [0.5, 0.6) is 5.75 Å². The molecule has 2 aromatic rings. The molecule has 1 aliphatic heterocycles. The first kappa shape index (κ1) is 24.1. The molecule has 1 heterocycles. The van der Waals surface area contributed by atoms with Crippen molar-refractivity contribution in [2.24, 2.45) is 0 Å². The molecule has 1 saturated heterocycles. The van der Waals surface area contributed by atoms with Gasteiger partial charge in [0.2, 0.25) is 5.91 Å². The minimum Gasteiger partial charge on any atom is -0.508 e. The Morgan fingerprint density at radius 1 is 1.00 bits per heavy atom. The summed E-state index contributed by atoms with van der Waals surface area (Å²) in [6.45, 7) is 1.15. The van der Waals surface area contributed by atoms with E-state index in [9.17, 15) is 27.9 Å². The highest BCUT2D eigenvalue weighted by molar-refractivity contribution is 5.97. The Hall–Kier alpha value is -3.07. The molecule has 2 fully saturated rings. The number of aromatic hydroxyl groups is 1. The van der Waals surface area contributed by atoms with Gasteiger partial charge in [-0.05, 0) is 55.4 Å². The number of nitrogens with zero attached hydrogens (tertiary/aromatic N) is 1. The number of carbonyl (C=O) groups excluding carboxylic acids is 2. The Bertz CT molecular complexity index is 1020. The lowest BCUT2D eigenvalue weighted by Crippen LogP contribution is -2.63. The Balaban J connectivity index is 1.17. The maximum atomic E-state index is 12.9. The Morgan fingerprint density at radius 2 is 1.68 bits per heavy atom. The fourth-order valence-electron chi connectivity index (χ4n) is 4.85. The quantitative estimate of drug-likeness (QED) is 0.596. The maximum absolute atomic E-state index is 12.9. The summed E-state index contributed by atoms with van der Waals surface area (Å²) in [4.78, 5) is 26.7. The number of amides is 2. The molecule has 4 rings (SSSR count). The molecule has 6 nitrogen and oxygen atoms in total. The van der Waals surface area contributed by atoms with Gasteiger partial charge >= 0.3 is 6.18 Å². The summed E-state index contributed by atoms with van der Waals surface area (Å²) in [6.07, 6.45) is -0.138.